The van der Waals surface area contributed by atoms with E-state index in [1.165, 1.54) is 0 Å². The Bertz CT molecular complexity index is 933. The fraction of sp³-hybridized carbons (Fsp3) is 0.250. The van der Waals surface area contributed by atoms with Crippen LogP contribution in [0.3, 0.4) is 0 Å². The van der Waals surface area contributed by atoms with Crippen LogP contribution in [0.2, 0.25) is 0 Å². The second-order valence-corrected chi connectivity index (χ2v) is 5.50. The van der Waals surface area contributed by atoms with Gasteiger partial charge in [0.05, 0.1) is 0 Å². The van der Waals surface area contributed by atoms with E-state index in [0.717, 1.165) is 11.1 Å². The highest BCUT2D eigenvalue weighted by atomic mass is 16.4. The van der Waals surface area contributed by atoms with Gasteiger partial charge in [-0.2, -0.15) is 15.0 Å². The van der Waals surface area contributed by atoms with Crippen LogP contribution in [0.5, 0.6) is 0 Å². The van der Waals surface area contributed by atoms with E-state index in [0.29, 0.717) is 28.9 Å². The maximum Gasteiger partial charge on any atom is 0.339 e. The number of benzene rings is 1. The fourth-order valence-electron chi connectivity index (χ4n) is 2.15. The van der Waals surface area contributed by atoms with E-state index in [1.807, 2.05) is 44.1 Å². The van der Waals surface area contributed by atoms with Crippen molar-refractivity contribution in [3.05, 3.63) is 46.1 Å². The van der Waals surface area contributed by atoms with Crippen molar-refractivity contribution in [1.29, 1.82) is 0 Å². The molecular weight excluding hydrogens is 294 g/mol. The molecule has 2 heterocycles. The Labute approximate surface area is 133 Å². The van der Waals surface area contributed by atoms with Gasteiger partial charge in [-0.25, -0.2) is 4.79 Å². The van der Waals surface area contributed by atoms with Gasteiger partial charge in [0.1, 0.15) is 11.4 Å². The van der Waals surface area contributed by atoms with Crippen molar-refractivity contribution in [3.8, 4) is 0 Å². The maximum absolute atomic E-state index is 11.6. The molecule has 7 heteroatoms. The molecule has 2 aromatic heterocycles. The van der Waals surface area contributed by atoms with Crippen molar-refractivity contribution in [2.24, 2.45) is 0 Å². The summed E-state index contributed by atoms with van der Waals surface area (Å²) in [6, 6.07) is 7.33. The van der Waals surface area contributed by atoms with E-state index in [-0.39, 0.29) is 5.63 Å². The Morgan fingerprint density at radius 1 is 1.09 bits per heavy atom. The van der Waals surface area contributed by atoms with Crippen molar-refractivity contribution in [2.75, 3.05) is 24.3 Å². The highest BCUT2D eigenvalue weighted by Gasteiger charge is 2.07. The van der Waals surface area contributed by atoms with Gasteiger partial charge in [-0.15, -0.1) is 0 Å². The molecule has 0 fully saturated rings. The topological polar surface area (TPSA) is 84.2 Å². The van der Waals surface area contributed by atoms with Gasteiger partial charge in [0.2, 0.25) is 11.9 Å². The number of hydrogen-bond donors (Lipinski definition) is 1. The minimum absolute atomic E-state index is 0.333. The molecule has 0 spiro atoms. The molecule has 23 heavy (non-hydrogen) atoms. The number of hydrogen-bond acceptors (Lipinski definition) is 7. The van der Waals surface area contributed by atoms with Crippen molar-refractivity contribution < 1.29 is 4.42 Å². The molecule has 7 nitrogen and oxygen atoms in total. The van der Waals surface area contributed by atoms with Crippen LogP contribution in [0.4, 0.5) is 17.6 Å². The molecule has 0 aliphatic carbocycles. The predicted octanol–water partition coefficient (Wildman–Crippen LogP) is 2.40. The number of fused-ring (bicyclic) bond motifs is 1. The summed E-state index contributed by atoms with van der Waals surface area (Å²) >= 11 is 0. The number of aryl methyl sites for hydroxylation is 2. The Morgan fingerprint density at radius 2 is 1.87 bits per heavy atom. The molecular formula is C16H17N5O2. The molecule has 3 aromatic rings. The minimum atomic E-state index is -0.333. The standard InChI is InChI=1S/C16H17N5O2/c1-9-7-11-5-6-12(8-13(11)23-14(9)22)19-15-17-10(2)18-16(20-15)21(3)4/h5-8H,1-4H3,(H,17,18,19,20). The molecule has 0 radical (unpaired) electrons. The summed E-state index contributed by atoms with van der Waals surface area (Å²) in [5.74, 6) is 1.63. The van der Waals surface area contributed by atoms with Gasteiger partial charge in [-0.05, 0) is 32.0 Å². The van der Waals surface area contributed by atoms with E-state index in [1.54, 1.807) is 13.0 Å². The molecule has 0 saturated carbocycles. The molecule has 0 aliphatic rings. The largest absolute Gasteiger partial charge is 0.422 e. The molecule has 0 atom stereocenters. The summed E-state index contributed by atoms with van der Waals surface area (Å²) in [7, 11) is 3.73. The number of anilines is 3. The monoisotopic (exact) mass is 311 g/mol. The third kappa shape index (κ3) is 3.13. The minimum Gasteiger partial charge on any atom is -0.422 e. The smallest absolute Gasteiger partial charge is 0.339 e. The number of nitrogens with one attached hydrogen (secondary N) is 1. The van der Waals surface area contributed by atoms with Crippen molar-refractivity contribution >= 4 is 28.6 Å². The average molecular weight is 311 g/mol. The molecule has 0 saturated heterocycles. The van der Waals surface area contributed by atoms with Gasteiger partial charge < -0.3 is 14.6 Å². The number of aromatic nitrogens is 3. The molecule has 0 bridgehead atoms. The lowest BCUT2D eigenvalue weighted by Gasteiger charge is -2.12. The molecule has 3 rings (SSSR count). The van der Waals surface area contributed by atoms with E-state index in [4.69, 9.17) is 4.42 Å². The van der Waals surface area contributed by atoms with Gasteiger partial charge in [-0.1, -0.05) is 0 Å². The van der Waals surface area contributed by atoms with Crippen molar-refractivity contribution in [3.63, 3.8) is 0 Å². The van der Waals surface area contributed by atoms with E-state index >= 15 is 0 Å². The summed E-state index contributed by atoms with van der Waals surface area (Å²) < 4.78 is 5.30. The molecule has 1 N–H and O–H groups in total. The van der Waals surface area contributed by atoms with Crippen LogP contribution in [0, 0.1) is 13.8 Å². The summed E-state index contributed by atoms with van der Waals surface area (Å²) in [5.41, 5.74) is 1.51. The molecule has 0 aliphatic heterocycles. The average Bonchev–Trinajstić information content (AvgIpc) is 2.48. The van der Waals surface area contributed by atoms with Crippen LogP contribution >= 0.6 is 0 Å². The molecule has 0 amide bonds. The van der Waals surface area contributed by atoms with Crippen LogP contribution in [0.25, 0.3) is 11.0 Å². The van der Waals surface area contributed by atoms with Gasteiger partial charge in [0.15, 0.2) is 0 Å². The zero-order chi connectivity index (χ0) is 16.6. The van der Waals surface area contributed by atoms with Crippen LogP contribution in [-0.2, 0) is 0 Å². The summed E-state index contributed by atoms with van der Waals surface area (Å²) in [5, 5.41) is 3.98. The third-order valence-corrected chi connectivity index (χ3v) is 3.30. The Balaban J connectivity index is 1.98. The fourth-order valence-corrected chi connectivity index (χ4v) is 2.15. The number of nitrogens with zero attached hydrogens (tertiary/aromatic N) is 4. The van der Waals surface area contributed by atoms with Crippen molar-refractivity contribution in [2.45, 2.75) is 13.8 Å². The van der Waals surface area contributed by atoms with E-state index in [9.17, 15) is 4.79 Å². The second kappa shape index (κ2) is 5.68. The summed E-state index contributed by atoms with van der Waals surface area (Å²) in [6.45, 7) is 3.54. The van der Waals surface area contributed by atoms with Crippen LogP contribution in [0.1, 0.15) is 11.4 Å². The van der Waals surface area contributed by atoms with E-state index in [2.05, 4.69) is 20.3 Å². The molecule has 1 aromatic carbocycles. The van der Waals surface area contributed by atoms with Gasteiger partial charge >= 0.3 is 5.63 Å². The lowest BCUT2D eigenvalue weighted by atomic mass is 10.2. The van der Waals surface area contributed by atoms with Gasteiger partial charge in [-0.3, -0.25) is 0 Å². The highest BCUT2D eigenvalue weighted by molar-refractivity contribution is 5.81. The molecule has 0 unspecified atom stereocenters. The first kappa shape index (κ1) is 15.0. The Hall–Kier alpha value is -2.96. The highest BCUT2D eigenvalue weighted by Crippen LogP contribution is 2.21. The van der Waals surface area contributed by atoms with Crippen LogP contribution in [-0.4, -0.2) is 29.0 Å². The summed E-state index contributed by atoms with van der Waals surface area (Å²) in [4.78, 5) is 26.3. The van der Waals surface area contributed by atoms with Crippen LogP contribution in [0.15, 0.2) is 33.5 Å². The normalized spacial score (nSPS) is 10.8. The Kier molecular flexibility index (Phi) is 3.69. The lowest BCUT2D eigenvalue weighted by Crippen LogP contribution is -2.15. The second-order valence-electron chi connectivity index (χ2n) is 5.50. The molecule has 118 valence electrons. The lowest BCUT2D eigenvalue weighted by molar-refractivity contribution is 0.555. The SMILES string of the molecule is Cc1nc(Nc2ccc3cc(C)c(=O)oc3c2)nc(N(C)C)n1. The number of rotatable bonds is 3. The summed E-state index contributed by atoms with van der Waals surface area (Å²) in [6.07, 6.45) is 0. The third-order valence-electron chi connectivity index (χ3n) is 3.30. The predicted molar refractivity (Wildman–Crippen MR) is 89.4 cm³/mol. The quantitative estimate of drug-likeness (QED) is 0.743. The Morgan fingerprint density at radius 3 is 2.61 bits per heavy atom. The van der Waals surface area contributed by atoms with Crippen molar-refractivity contribution in [1.82, 2.24) is 15.0 Å². The van der Waals surface area contributed by atoms with Crippen LogP contribution < -0.4 is 15.8 Å². The van der Waals surface area contributed by atoms with E-state index < -0.39 is 0 Å². The van der Waals surface area contributed by atoms with Gasteiger partial charge in [0.25, 0.3) is 0 Å². The van der Waals surface area contributed by atoms with Gasteiger partial charge in [0, 0.05) is 36.8 Å². The first-order valence-corrected chi connectivity index (χ1v) is 7.14. The zero-order valence-electron chi connectivity index (χ0n) is 13.4. The first-order valence-electron chi connectivity index (χ1n) is 7.14. The first-order chi connectivity index (χ1) is 10.9. The zero-order valence-corrected chi connectivity index (χ0v) is 13.4. The maximum atomic E-state index is 11.6.